The first kappa shape index (κ1) is 25.2. The summed E-state index contributed by atoms with van der Waals surface area (Å²) in [5.74, 6) is 0.831. The molecule has 1 aliphatic heterocycles. The van der Waals surface area contributed by atoms with E-state index in [1.807, 2.05) is 12.3 Å². The second-order valence-corrected chi connectivity index (χ2v) is 12.1. The number of thiophene rings is 1. The number of hydrogen-bond acceptors (Lipinski definition) is 5. The van der Waals surface area contributed by atoms with Gasteiger partial charge in [-0.1, -0.05) is 68.5 Å². The lowest BCUT2D eigenvalue weighted by atomic mass is 9.87. The molecule has 0 saturated heterocycles. The quantitative estimate of drug-likeness (QED) is 0.226. The molecule has 6 rings (SSSR count). The molecule has 1 aliphatic rings. The summed E-state index contributed by atoms with van der Waals surface area (Å²) in [4.78, 5) is 9.40. The summed E-state index contributed by atoms with van der Waals surface area (Å²) < 4.78 is 7.64. The van der Waals surface area contributed by atoms with E-state index in [1.54, 1.807) is 11.3 Å². The Kier molecular flexibility index (Phi) is 6.40. The molecule has 196 valence electrons. The number of anilines is 2. The maximum absolute atomic E-state index is 6.45. The third-order valence-electron chi connectivity index (χ3n) is 7.47. The van der Waals surface area contributed by atoms with Gasteiger partial charge in [-0.05, 0) is 67.3 Å². The minimum Gasteiger partial charge on any atom is -0.447 e. The summed E-state index contributed by atoms with van der Waals surface area (Å²) >= 11 is 1.67. The lowest BCUT2D eigenvalue weighted by molar-refractivity contribution is 0.497. The van der Waals surface area contributed by atoms with Gasteiger partial charge in [0.1, 0.15) is 5.75 Å². The minimum absolute atomic E-state index is 0.0685. The molecule has 39 heavy (non-hydrogen) atoms. The first-order valence-corrected chi connectivity index (χ1v) is 14.1. The van der Waals surface area contributed by atoms with Gasteiger partial charge in [0.05, 0.1) is 12.4 Å². The van der Waals surface area contributed by atoms with E-state index in [1.165, 1.54) is 32.7 Å². The number of allylic oxidation sites excluding steroid dienone is 2. The van der Waals surface area contributed by atoms with Gasteiger partial charge in [-0.2, -0.15) is 0 Å². The van der Waals surface area contributed by atoms with Crippen molar-refractivity contribution in [1.82, 2.24) is 4.98 Å². The summed E-state index contributed by atoms with van der Waals surface area (Å²) in [6.45, 7) is 11.8. The van der Waals surface area contributed by atoms with Crippen LogP contribution in [-0.4, -0.2) is 11.7 Å². The molecule has 2 aromatic heterocycles. The monoisotopic (exact) mass is 531 g/mol. The van der Waals surface area contributed by atoms with Gasteiger partial charge >= 0.3 is 0 Å². The zero-order chi connectivity index (χ0) is 27.1. The van der Waals surface area contributed by atoms with Crippen LogP contribution in [0.25, 0.3) is 21.3 Å². The van der Waals surface area contributed by atoms with E-state index >= 15 is 0 Å². The van der Waals surface area contributed by atoms with Gasteiger partial charge in [0, 0.05) is 56.7 Å². The molecular formula is C34H33N3OS. The van der Waals surface area contributed by atoms with Crippen molar-refractivity contribution in [3.05, 3.63) is 114 Å². The average Bonchev–Trinajstić information content (AvgIpc) is 3.48. The topological polar surface area (TPSA) is 28.6 Å². The van der Waals surface area contributed by atoms with Crippen LogP contribution in [0.3, 0.4) is 0 Å². The van der Waals surface area contributed by atoms with Gasteiger partial charge in [-0.25, -0.2) is 0 Å². The van der Waals surface area contributed by atoms with Crippen LogP contribution in [0.15, 0.2) is 109 Å². The standard InChI is InChI=1S/C34H33N3OS/c1-23-24(2)37(22-36(23)26-11-7-6-8-12-26)27-13-9-14-28(20-27)38-33-21-30-29(15-10-16-32(30)39-33)31-19-25(17-18-35-31)34(3,4)5/h6-21H,22H2,1-5H3. The Morgan fingerprint density at radius 1 is 0.769 bits per heavy atom. The number of nitrogens with zero attached hydrogens (tertiary/aromatic N) is 3. The molecule has 0 bridgehead atoms. The summed E-state index contributed by atoms with van der Waals surface area (Å²) in [6, 6.07) is 31.8. The molecule has 0 N–H and O–H groups in total. The van der Waals surface area contributed by atoms with Crippen LogP contribution in [0.5, 0.6) is 10.8 Å². The fraction of sp³-hybridized carbons (Fsp3) is 0.206. The van der Waals surface area contributed by atoms with Crippen LogP contribution < -0.4 is 14.5 Å². The SMILES string of the molecule is CC1=C(C)N(c2cccc(Oc3cc4c(-c5cc(C(C)(C)C)ccn5)cccc4s3)c2)CN1c1ccccc1. The summed E-state index contributed by atoms with van der Waals surface area (Å²) in [7, 11) is 0. The van der Waals surface area contributed by atoms with Crippen molar-refractivity contribution < 1.29 is 4.74 Å². The minimum atomic E-state index is 0.0685. The third kappa shape index (κ3) is 4.90. The smallest absolute Gasteiger partial charge is 0.182 e. The van der Waals surface area contributed by atoms with Gasteiger partial charge in [0.25, 0.3) is 0 Å². The van der Waals surface area contributed by atoms with Crippen molar-refractivity contribution in [3.8, 4) is 22.1 Å². The van der Waals surface area contributed by atoms with Crippen LogP contribution in [0, 0.1) is 0 Å². The highest BCUT2D eigenvalue weighted by molar-refractivity contribution is 7.20. The fourth-order valence-corrected chi connectivity index (χ4v) is 6.05. The molecule has 0 aliphatic carbocycles. The Morgan fingerprint density at radius 2 is 1.49 bits per heavy atom. The van der Waals surface area contributed by atoms with Crippen molar-refractivity contribution in [3.63, 3.8) is 0 Å². The second kappa shape index (κ2) is 9.90. The molecule has 0 amide bonds. The first-order valence-electron chi connectivity index (χ1n) is 13.3. The van der Waals surface area contributed by atoms with Gasteiger partial charge in [0.2, 0.25) is 0 Å². The second-order valence-electron chi connectivity index (χ2n) is 11.1. The highest BCUT2D eigenvalue weighted by Crippen LogP contribution is 2.41. The third-order valence-corrected chi connectivity index (χ3v) is 8.45. The lowest BCUT2D eigenvalue weighted by Gasteiger charge is -2.24. The summed E-state index contributed by atoms with van der Waals surface area (Å²) in [5.41, 5.74) is 8.29. The van der Waals surface area contributed by atoms with E-state index in [-0.39, 0.29) is 5.41 Å². The highest BCUT2D eigenvalue weighted by Gasteiger charge is 2.26. The molecule has 0 saturated carbocycles. The Balaban J connectivity index is 1.28. The predicted molar refractivity (Wildman–Crippen MR) is 165 cm³/mol. The zero-order valence-electron chi connectivity index (χ0n) is 23.1. The number of benzene rings is 3. The first-order chi connectivity index (χ1) is 18.8. The van der Waals surface area contributed by atoms with E-state index in [9.17, 15) is 0 Å². The Labute approximate surface area is 234 Å². The van der Waals surface area contributed by atoms with Crippen LogP contribution in [0.2, 0.25) is 0 Å². The zero-order valence-corrected chi connectivity index (χ0v) is 23.9. The van der Waals surface area contributed by atoms with Crippen LogP contribution in [0.4, 0.5) is 11.4 Å². The van der Waals surface area contributed by atoms with E-state index in [0.29, 0.717) is 0 Å². The average molecular weight is 532 g/mol. The lowest BCUT2D eigenvalue weighted by Crippen LogP contribution is -2.26. The van der Waals surface area contributed by atoms with Crippen molar-refractivity contribution in [2.45, 2.75) is 40.0 Å². The molecule has 3 aromatic carbocycles. The van der Waals surface area contributed by atoms with Crippen LogP contribution >= 0.6 is 11.3 Å². The highest BCUT2D eigenvalue weighted by atomic mass is 32.1. The van der Waals surface area contributed by atoms with Crippen molar-refractivity contribution in [2.75, 3.05) is 16.5 Å². The van der Waals surface area contributed by atoms with Crippen molar-refractivity contribution in [2.24, 2.45) is 0 Å². The molecule has 0 atom stereocenters. The van der Waals surface area contributed by atoms with Gasteiger partial charge in [0.15, 0.2) is 5.06 Å². The Bertz CT molecular complexity index is 1680. The molecule has 0 fully saturated rings. The molecule has 3 heterocycles. The van der Waals surface area contributed by atoms with E-state index in [2.05, 4.69) is 129 Å². The number of fused-ring (bicyclic) bond motifs is 1. The van der Waals surface area contributed by atoms with Crippen LogP contribution in [-0.2, 0) is 5.41 Å². The summed E-state index contributed by atoms with van der Waals surface area (Å²) in [5, 5.41) is 2.04. The van der Waals surface area contributed by atoms with Crippen LogP contribution in [0.1, 0.15) is 40.2 Å². The number of hydrogen-bond donors (Lipinski definition) is 0. The Hall–Kier alpha value is -4.09. The molecule has 0 spiro atoms. The molecular weight excluding hydrogens is 498 g/mol. The van der Waals surface area contributed by atoms with E-state index < -0.39 is 0 Å². The fourth-order valence-electron chi connectivity index (χ4n) is 5.09. The maximum Gasteiger partial charge on any atom is 0.182 e. The van der Waals surface area contributed by atoms with Gasteiger partial charge in [-0.3, -0.25) is 4.98 Å². The number of rotatable bonds is 5. The predicted octanol–water partition coefficient (Wildman–Crippen LogP) is 9.59. The number of para-hydroxylation sites is 1. The Morgan fingerprint density at radius 3 is 2.26 bits per heavy atom. The number of aromatic nitrogens is 1. The van der Waals surface area contributed by atoms with Gasteiger partial charge in [-0.15, -0.1) is 0 Å². The maximum atomic E-state index is 6.45. The van der Waals surface area contributed by atoms with E-state index in [4.69, 9.17) is 9.72 Å². The van der Waals surface area contributed by atoms with E-state index in [0.717, 1.165) is 34.4 Å². The summed E-state index contributed by atoms with van der Waals surface area (Å²) in [6.07, 6.45) is 1.92. The molecule has 4 nitrogen and oxygen atoms in total. The normalized spacial score (nSPS) is 14.0. The van der Waals surface area contributed by atoms with Crippen molar-refractivity contribution in [1.29, 1.82) is 0 Å². The van der Waals surface area contributed by atoms with Gasteiger partial charge < -0.3 is 14.5 Å². The van der Waals surface area contributed by atoms with Crippen molar-refractivity contribution >= 4 is 32.8 Å². The number of ether oxygens (including phenoxy) is 1. The largest absolute Gasteiger partial charge is 0.447 e. The molecule has 5 heteroatoms. The number of pyridine rings is 1. The molecule has 0 unspecified atom stereocenters. The molecule has 5 aromatic rings. The molecule has 0 radical (unpaired) electrons.